The van der Waals surface area contributed by atoms with Crippen LogP contribution in [0.15, 0.2) is 53.1 Å². The summed E-state index contributed by atoms with van der Waals surface area (Å²) in [5.41, 5.74) is 8.91. The third-order valence-corrected chi connectivity index (χ3v) is 8.19. The fraction of sp³-hybridized carbons (Fsp3) is 0.357. The van der Waals surface area contributed by atoms with Crippen molar-refractivity contribution in [1.29, 1.82) is 0 Å². The molecule has 18 nitrogen and oxygen atoms in total. The Hall–Kier alpha value is -4.89. The lowest BCUT2D eigenvalue weighted by atomic mass is 9.84. The Kier molecular flexibility index (Phi) is 10.5. The smallest absolute Gasteiger partial charge is 0.418 e. The molecule has 48 heavy (non-hydrogen) atoms. The molecule has 3 aromatic rings. The molecule has 0 saturated carbocycles. The van der Waals surface area contributed by atoms with Gasteiger partial charge in [-0.3, -0.25) is 19.5 Å². The zero-order valence-corrected chi connectivity index (χ0v) is 27.9. The van der Waals surface area contributed by atoms with E-state index < -0.39 is 57.7 Å². The number of anilines is 2. The Bertz CT molecular complexity index is 1830. The van der Waals surface area contributed by atoms with Crippen LogP contribution < -0.4 is 31.4 Å². The highest BCUT2D eigenvalue weighted by Gasteiger charge is 2.58. The number of hydrogen-bond donors (Lipinski definition) is 6. The minimum Gasteiger partial charge on any atom is -0.489 e. The van der Waals surface area contributed by atoms with Gasteiger partial charge in [-0.1, -0.05) is 17.3 Å². The molecule has 8 N–H and O–H groups in total. The van der Waals surface area contributed by atoms with Gasteiger partial charge in [0.05, 0.1) is 25.3 Å². The van der Waals surface area contributed by atoms with Gasteiger partial charge in [0, 0.05) is 23.6 Å². The molecule has 0 spiro atoms. The van der Waals surface area contributed by atoms with Crippen LogP contribution in [0.3, 0.4) is 0 Å². The maximum atomic E-state index is 13.3. The second-order valence-electron chi connectivity index (χ2n) is 11.3. The molecule has 1 unspecified atom stereocenters. The molecule has 258 valence electrons. The number of ether oxygens (including phenoxy) is 1. The van der Waals surface area contributed by atoms with E-state index in [1.807, 2.05) is 29.9 Å². The fourth-order valence-electron chi connectivity index (χ4n) is 4.42. The van der Waals surface area contributed by atoms with Crippen LogP contribution in [-0.2, 0) is 41.0 Å². The number of carboxylic acid groups (broad SMARTS) is 1. The van der Waals surface area contributed by atoms with E-state index in [4.69, 9.17) is 25.6 Å². The van der Waals surface area contributed by atoms with Crippen molar-refractivity contribution in [3.8, 4) is 16.9 Å². The van der Waals surface area contributed by atoms with Gasteiger partial charge >= 0.3 is 16.4 Å². The summed E-state index contributed by atoms with van der Waals surface area (Å²) in [5, 5.41) is 21.2. The third-order valence-electron chi connectivity index (χ3n) is 7.18. The maximum Gasteiger partial charge on any atom is 0.418 e. The molecule has 3 heterocycles. The molecule has 1 saturated heterocycles. The van der Waals surface area contributed by atoms with E-state index in [2.05, 4.69) is 25.1 Å². The number of carbonyl (C=O) groups is 3. The molecule has 1 aliphatic rings. The highest BCUT2D eigenvalue weighted by atomic mass is 32.3. The van der Waals surface area contributed by atoms with Gasteiger partial charge in [0.25, 0.3) is 23.2 Å². The molecule has 1 fully saturated rings. The molecule has 1 aliphatic heterocycles. The average molecular weight is 708 g/mol. The lowest BCUT2D eigenvalue weighted by molar-refractivity contribution is -0.656. The van der Waals surface area contributed by atoms with Crippen molar-refractivity contribution in [3.63, 3.8) is 0 Å². The highest BCUT2D eigenvalue weighted by molar-refractivity contribution is 7.80. The number of hydrogen-bond acceptors (Lipinski definition) is 14. The molecule has 20 heteroatoms. The number of pyridine rings is 1. The van der Waals surface area contributed by atoms with Gasteiger partial charge in [-0.2, -0.15) is 13.5 Å². The summed E-state index contributed by atoms with van der Waals surface area (Å²) in [6.07, 6.45) is 1.94. The first-order chi connectivity index (χ1) is 22.4. The minimum atomic E-state index is -5.02. The summed E-state index contributed by atoms with van der Waals surface area (Å²) in [6.45, 7) is 4.50. The number of carbonyl (C=O) groups excluding carboxylic acids is 2. The second-order valence-corrected chi connectivity index (χ2v) is 13.2. The zero-order chi connectivity index (χ0) is 35.4. The molecule has 0 bridgehead atoms. The van der Waals surface area contributed by atoms with Gasteiger partial charge in [0.2, 0.25) is 0 Å². The Labute approximate surface area is 279 Å². The van der Waals surface area contributed by atoms with Crippen molar-refractivity contribution in [2.24, 2.45) is 17.9 Å². The number of carboxylic acids is 1. The van der Waals surface area contributed by atoms with Crippen molar-refractivity contribution >= 4 is 56.2 Å². The number of oxime groups is 1. The van der Waals surface area contributed by atoms with E-state index in [0.717, 1.165) is 28.3 Å². The number of benzene rings is 1. The Morgan fingerprint density at radius 1 is 1.21 bits per heavy atom. The van der Waals surface area contributed by atoms with Gasteiger partial charge in [0.15, 0.2) is 10.8 Å². The Morgan fingerprint density at radius 3 is 2.42 bits per heavy atom. The number of aryl methyl sites for hydroxylation is 1. The molecule has 4 rings (SSSR count). The molecule has 0 aliphatic carbocycles. The predicted octanol–water partition coefficient (Wildman–Crippen LogP) is 0.0704. The summed E-state index contributed by atoms with van der Waals surface area (Å²) >= 11 is 0.957. The van der Waals surface area contributed by atoms with E-state index in [9.17, 15) is 27.9 Å². The molecule has 2 atom stereocenters. The van der Waals surface area contributed by atoms with Crippen LogP contribution in [0.5, 0.6) is 5.75 Å². The quantitative estimate of drug-likeness (QED) is 0.0402. The minimum absolute atomic E-state index is 0.0546. The first-order valence-corrected chi connectivity index (χ1v) is 16.4. The van der Waals surface area contributed by atoms with Crippen molar-refractivity contribution in [2.45, 2.75) is 38.0 Å². The summed E-state index contributed by atoms with van der Waals surface area (Å²) in [5.74, 6) is -2.26. The topological polar surface area (TPSA) is 262 Å². The van der Waals surface area contributed by atoms with Gasteiger partial charge in [-0.15, -0.1) is 15.6 Å². The number of aromatic nitrogens is 2. The Balaban J connectivity index is 1.48. The summed E-state index contributed by atoms with van der Waals surface area (Å²) in [7, 11) is -3.12. The van der Waals surface area contributed by atoms with Crippen molar-refractivity contribution in [2.75, 3.05) is 30.7 Å². The number of nitrogens with one attached hydrogen (secondary N) is 2. The third kappa shape index (κ3) is 8.15. The van der Waals surface area contributed by atoms with Crippen molar-refractivity contribution in [1.82, 2.24) is 15.4 Å². The lowest BCUT2D eigenvalue weighted by Gasteiger charge is -2.50. The monoisotopic (exact) mass is 707 g/mol. The van der Waals surface area contributed by atoms with E-state index >= 15 is 0 Å². The molecule has 2 aromatic heterocycles. The van der Waals surface area contributed by atoms with Crippen LogP contribution in [0.4, 0.5) is 10.9 Å². The predicted molar refractivity (Wildman–Crippen MR) is 172 cm³/mol. The van der Waals surface area contributed by atoms with Crippen molar-refractivity contribution in [3.05, 3.63) is 53.7 Å². The SMILES string of the molecule is C[n+]1cc(-c2ccc(OCC(C)(O/N=C(\C(=O)N[C@@H]3C(=O)N(OS(=O)(=O)O)C3(C)C)c3csc(N)n3)C(=O)O)cc2)ccc1NCCN. The average Bonchev–Trinajstić information content (AvgIpc) is 3.46. The van der Waals surface area contributed by atoms with Crippen LogP contribution in [0, 0.1) is 0 Å². The van der Waals surface area contributed by atoms with Crippen LogP contribution in [-0.4, -0.2) is 88.5 Å². The van der Waals surface area contributed by atoms with Crippen LogP contribution in [0.2, 0.25) is 0 Å². The van der Waals surface area contributed by atoms with E-state index in [1.54, 1.807) is 24.3 Å². The Morgan fingerprint density at radius 2 is 1.88 bits per heavy atom. The second kappa shape index (κ2) is 14.1. The number of amides is 2. The standard InChI is InChI=1S/C28H34N8O10S2/c1-27(2)22(24(38)36(27)46-48(41,42)43)33-23(37)21(19-14-47-26(30)32-19)34-45-28(3,25(39)40)15-44-18-8-5-16(6-9-18)17-7-10-20(31-12-11-29)35(4)13-17/h5-10,13-14,22H,11-12,15,29H2,1-4H3,(H5,30,32,33,37,39,40,41,42,43)/p+1/b34-21-/t22-,28?/m1/s1. The van der Waals surface area contributed by atoms with Crippen LogP contribution in [0.1, 0.15) is 26.5 Å². The van der Waals surface area contributed by atoms with Gasteiger partial charge < -0.3 is 31.5 Å². The van der Waals surface area contributed by atoms with Crippen LogP contribution in [0.25, 0.3) is 11.1 Å². The van der Waals surface area contributed by atoms with Gasteiger partial charge in [-0.25, -0.2) is 14.3 Å². The zero-order valence-electron chi connectivity index (χ0n) is 26.2. The van der Waals surface area contributed by atoms with E-state index in [1.165, 1.54) is 26.2 Å². The number of nitrogen functional groups attached to an aromatic ring is 1. The molecular weight excluding hydrogens is 672 g/mol. The summed E-state index contributed by atoms with van der Waals surface area (Å²) in [4.78, 5) is 47.5. The molecular formula is C28H35N8O10S2+. The number of nitrogens with zero attached hydrogens (tertiary/aromatic N) is 4. The number of thiazole rings is 1. The van der Waals surface area contributed by atoms with Crippen molar-refractivity contribution < 1.29 is 50.9 Å². The fourth-order valence-corrected chi connectivity index (χ4v) is 5.42. The number of rotatable bonds is 15. The normalized spacial score (nSPS) is 17.2. The summed E-state index contributed by atoms with van der Waals surface area (Å²) < 4.78 is 43.2. The molecule has 0 radical (unpaired) electrons. The maximum absolute atomic E-state index is 13.3. The van der Waals surface area contributed by atoms with Crippen LogP contribution >= 0.6 is 11.3 Å². The number of hydroxylamine groups is 2. The first kappa shape index (κ1) is 36.0. The van der Waals surface area contributed by atoms with E-state index in [-0.39, 0.29) is 10.8 Å². The molecule has 1 aromatic carbocycles. The highest BCUT2D eigenvalue weighted by Crippen LogP contribution is 2.33. The lowest BCUT2D eigenvalue weighted by Crippen LogP contribution is -2.76. The molecule has 2 amide bonds. The van der Waals surface area contributed by atoms with Gasteiger partial charge in [-0.05, 0) is 44.5 Å². The van der Waals surface area contributed by atoms with E-state index in [0.29, 0.717) is 23.9 Å². The summed E-state index contributed by atoms with van der Waals surface area (Å²) in [6, 6.07) is 9.45. The van der Waals surface area contributed by atoms with Gasteiger partial charge in [0.1, 0.15) is 24.1 Å². The largest absolute Gasteiger partial charge is 0.489 e. The number of nitrogens with two attached hydrogens (primary N) is 2. The number of aliphatic carboxylic acids is 1. The number of β-lactam (4-membered cyclic amide) rings is 1. The first-order valence-electron chi connectivity index (χ1n) is 14.1.